The molecule has 102 valence electrons. The van der Waals surface area contributed by atoms with Crippen molar-refractivity contribution in [2.75, 3.05) is 6.54 Å². The number of rotatable bonds is 6. The van der Waals surface area contributed by atoms with E-state index in [4.69, 9.17) is 0 Å². The zero-order valence-electron chi connectivity index (χ0n) is 10.9. The first kappa shape index (κ1) is 13.9. The second-order valence-corrected chi connectivity index (χ2v) is 4.61. The molecular weight excluding hydrogens is 254 g/mol. The summed E-state index contributed by atoms with van der Waals surface area (Å²) in [5, 5.41) is 10.8. The van der Waals surface area contributed by atoms with Gasteiger partial charge in [0, 0.05) is 11.3 Å². The molecule has 0 aromatic heterocycles. The molecule has 0 saturated carbocycles. The lowest BCUT2D eigenvalue weighted by atomic mass is 9.91. The van der Waals surface area contributed by atoms with Gasteiger partial charge in [-0.3, -0.25) is 14.9 Å². The Labute approximate surface area is 117 Å². The fourth-order valence-corrected chi connectivity index (χ4v) is 2.15. The summed E-state index contributed by atoms with van der Waals surface area (Å²) in [6.07, 6.45) is 0.217. The van der Waals surface area contributed by atoms with Crippen LogP contribution in [0.25, 0.3) is 0 Å². The normalized spacial score (nSPS) is 11.8. The number of benzene rings is 2. The van der Waals surface area contributed by atoms with E-state index in [1.54, 1.807) is 24.3 Å². The minimum Gasteiger partial charge on any atom is -0.298 e. The van der Waals surface area contributed by atoms with Crippen LogP contribution in [0.4, 0.5) is 0 Å². The van der Waals surface area contributed by atoms with Crippen molar-refractivity contribution in [1.82, 2.24) is 0 Å². The van der Waals surface area contributed by atoms with E-state index in [0.29, 0.717) is 5.56 Å². The van der Waals surface area contributed by atoms with Crippen molar-refractivity contribution in [2.24, 2.45) is 0 Å². The fraction of sp³-hybridized carbons (Fsp3) is 0.188. The first-order valence-electron chi connectivity index (χ1n) is 6.40. The summed E-state index contributed by atoms with van der Waals surface area (Å²) in [6.45, 7) is -0.365. The van der Waals surface area contributed by atoms with Crippen LogP contribution in [0.2, 0.25) is 0 Å². The molecule has 20 heavy (non-hydrogen) atoms. The smallest absolute Gasteiger partial charge is 0.217 e. The summed E-state index contributed by atoms with van der Waals surface area (Å²) in [5.74, 6) is -0.814. The standard InChI is InChI=1S/C16H15NO3/c18-16(11-13-7-3-1-4-8-13)15(12-17(19)20)14-9-5-2-6-10-14/h1-10,15H,11-12H2/t15-/m0/s1. The molecule has 0 amide bonds. The van der Waals surface area contributed by atoms with Crippen LogP contribution >= 0.6 is 0 Å². The van der Waals surface area contributed by atoms with Crippen LogP contribution in [0.5, 0.6) is 0 Å². The molecule has 2 aromatic rings. The molecule has 0 bridgehead atoms. The molecule has 0 aliphatic rings. The van der Waals surface area contributed by atoms with Crippen LogP contribution in [0.3, 0.4) is 0 Å². The van der Waals surface area contributed by atoms with Crippen LogP contribution in [0.1, 0.15) is 17.0 Å². The third-order valence-corrected chi connectivity index (χ3v) is 3.14. The first-order valence-corrected chi connectivity index (χ1v) is 6.40. The van der Waals surface area contributed by atoms with Crippen molar-refractivity contribution in [3.63, 3.8) is 0 Å². The molecule has 0 aliphatic carbocycles. The van der Waals surface area contributed by atoms with E-state index in [9.17, 15) is 14.9 Å². The molecule has 0 spiro atoms. The van der Waals surface area contributed by atoms with E-state index in [1.807, 2.05) is 36.4 Å². The molecule has 0 heterocycles. The SMILES string of the molecule is O=C(Cc1ccccc1)[C@@H](C[N+](=O)[O-])c1ccccc1. The molecule has 0 radical (unpaired) electrons. The monoisotopic (exact) mass is 269 g/mol. The van der Waals surface area contributed by atoms with E-state index in [1.165, 1.54) is 0 Å². The van der Waals surface area contributed by atoms with Gasteiger partial charge in [0.25, 0.3) is 0 Å². The van der Waals surface area contributed by atoms with E-state index < -0.39 is 10.8 Å². The summed E-state index contributed by atoms with van der Waals surface area (Å²) < 4.78 is 0. The third kappa shape index (κ3) is 3.75. The fourth-order valence-electron chi connectivity index (χ4n) is 2.15. The Kier molecular flexibility index (Phi) is 4.60. The van der Waals surface area contributed by atoms with Gasteiger partial charge in [-0.05, 0) is 11.1 Å². The van der Waals surface area contributed by atoms with Crippen molar-refractivity contribution in [1.29, 1.82) is 0 Å². The third-order valence-electron chi connectivity index (χ3n) is 3.14. The number of hydrogen-bond donors (Lipinski definition) is 0. The van der Waals surface area contributed by atoms with Crippen LogP contribution in [-0.2, 0) is 11.2 Å². The second kappa shape index (κ2) is 6.61. The molecule has 0 N–H and O–H groups in total. The lowest BCUT2D eigenvalue weighted by Crippen LogP contribution is -2.23. The van der Waals surface area contributed by atoms with Crippen LogP contribution in [-0.4, -0.2) is 17.3 Å². The number of carbonyl (C=O) groups is 1. The van der Waals surface area contributed by atoms with Gasteiger partial charge in [-0.25, -0.2) is 0 Å². The topological polar surface area (TPSA) is 60.2 Å². The Bertz CT molecular complexity index is 581. The number of Topliss-reactive ketones (excluding diaryl/α,β-unsaturated/α-hetero) is 1. The molecule has 0 unspecified atom stereocenters. The highest BCUT2D eigenvalue weighted by Gasteiger charge is 2.25. The Hall–Kier alpha value is -2.49. The summed E-state index contributed by atoms with van der Waals surface area (Å²) in [7, 11) is 0. The Morgan fingerprint density at radius 3 is 2.10 bits per heavy atom. The lowest BCUT2D eigenvalue weighted by molar-refractivity contribution is -0.481. The van der Waals surface area contributed by atoms with Crippen LogP contribution < -0.4 is 0 Å². The van der Waals surface area contributed by atoms with Crippen molar-refractivity contribution < 1.29 is 9.72 Å². The second-order valence-electron chi connectivity index (χ2n) is 4.61. The maximum absolute atomic E-state index is 12.3. The first-order chi connectivity index (χ1) is 9.66. The van der Waals surface area contributed by atoms with Gasteiger partial charge >= 0.3 is 0 Å². The molecule has 4 heteroatoms. The molecule has 0 saturated heterocycles. The van der Waals surface area contributed by atoms with Crippen molar-refractivity contribution in [2.45, 2.75) is 12.3 Å². The van der Waals surface area contributed by atoms with Gasteiger partial charge in [0.2, 0.25) is 6.54 Å². The largest absolute Gasteiger partial charge is 0.298 e. The average molecular weight is 269 g/mol. The van der Waals surface area contributed by atoms with Crippen molar-refractivity contribution >= 4 is 5.78 Å². The van der Waals surface area contributed by atoms with Crippen molar-refractivity contribution in [3.8, 4) is 0 Å². The van der Waals surface area contributed by atoms with E-state index >= 15 is 0 Å². The summed E-state index contributed by atoms with van der Waals surface area (Å²) in [5.41, 5.74) is 1.58. The van der Waals surface area contributed by atoms with E-state index in [2.05, 4.69) is 0 Å². The minimum absolute atomic E-state index is 0.126. The average Bonchev–Trinajstić information content (AvgIpc) is 2.46. The Balaban J connectivity index is 2.18. The van der Waals surface area contributed by atoms with Gasteiger partial charge in [-0.1, -0.05) is 60.7 Å². The van der Waals surface area contributed by atoms with Gasteiger partial charge in [-0.15, -0.1) is 0 Å². The predicted molar refractivity (Wildman–Crippen MR) is 76.2 cm³/mol. The summed E-state index contributed by atoms with van der Waals surface area (Å²) >= 11 is 0. The Morgan fingerprint density at radius 1 is 1.00 bits per heavy atom. The van der Waals surface area contributed by atoms with Gasteiger partial charge in [0.15, 0.2) is 5.78 Å². The van der Waals surface area contributed by atoms with E-state index in [-0.39, 0.29) is 18.7 Å². The van der Waals surface area contributed by atoms with Gasteiger partial charge < -0.3 is 0 Å². The number of nitrogens with zero attached hydrogens (tertiary/aromatic N) is 1. The molecule has 2 rings (SSSR count). The van der Waals surface area contributed by atoms with Gasteiger partial charge in [-0.2, -0.15) is 0 Å². The van der Waals surface area contributed by atoms with E-state index in [0.717, 1.165) is 5.56 Å². The maximum atomic E-state index is 12.3. The molecule has 2 aromatic carbocycles. The van der Waals surface area contributed by atoms with Gasteiger partial charge in [0.05, 0.1) is 0 Å². The molecule has 1 atom stereocenters. The van der Waals surface area contributed by atoms with Crippen LogP contribution in [0.15, 0.2) is 60.7 Å². The highest BCUT2D eigenvalue weighted by Crippen LogP contribution is 2.19. The van der Waals surface area contributed by atoms with Crippen LogP contribution in [0, 0.1) is 10.1 Å². The zero-order chi connectivity index (χ0) is 14.4. The summed E-state index contributed by atoms with van der Waals surface area (Å²) in [4.78, 5) is 22.7. The quantitative estimate of drug-likeness (QED) is 0.598. The van der Waals surface area contributed by atoms with Gasteiger partial charge in [0.1, 0.15) is 5.92 Å². The summed E-state index contributed by atoms with van der Waals surface area (Å²) in [6, 6.07) is 18.2. The number of hydrogen-bond acceptors (Lipinski definition) is 3. The number of ketones is 1. The molecular formula is C16H15NO3. The molecule has 0 fully saturated rings. The maximum Gasteiger partial charge on any atom is 0.217 e. The molecule has 4 nitrogen and oxygen atoms in total. The zero-order valence-corrected chi connectivity index (χ0v) is 10.9. The Morgan fingerprint density at radius 2 is 1.55 bits per heavy atom. The number of nitro groups is 1. The minimum atomic E-state index is -0.689. The highest BCUT2D eigenvalue weighted by atomic mass is 16.6. The number of carbonyl (C=O) groups excluding carboxylic acids is 1. The highest BCUT2D eigenvalue weighted by molar-refractivity contribution is 5.87. The predicted octanol–water partition coefficient (Wildman–Crippen LogP) is 2.86. The lowest BCUT2D eigenvalue weighted by Gasteiger charge is -2.12. The molecule has 0 aliphatic heterocycles. The van der Waals surface area contributed by atoms with Crippen molar-refractivity contribution in [3.05, 3.63) is 81.9 Å².